The van der Waals surface area contributed by atoms with Crippen molar-refractivity contribution in [3.8, 4) is 5.75 Å². The van der Waals surface area contributed by atoms with E-state index in [1.54, 1.807) is 0 Å². The first-order valence-corrected chi connectivity index (χ1v) is 3.94. The number of rotatable bonds is 4. The van der Waals surface area contributed by atoms with Gasteiger partial charge in [-0.05, 0) is 21.2 Å². The Hall–Kier alpha value is -1.48. The number of phenolic OH excluding ortho intramolecular Hbond substituents is 1. The SMILES string of the molecule is Oc1c(C(F)(F)OF)cccc1C(F)(F)OF. The van der Waals surface area contributed by atoms with Crippen molar-refractivity contribution < 1.29 is 41.6 Å². The standard InChI is InChI=1S/C8H4F6O3/c9-7(10,16-13)4-2-1-3-5(6(4)15)8(11,12)17-14/h1-3,15H. The topological polar surface area (TPSA) is 38.7 Å². The van der Waals surface area contributed by atoms with E-state index in [-0.39, 0.29) is 0 Å². The maximum Gasteiger partial charge on any atom is 0.416 e. The Balaban J connectivity index is 3.36. The molecule has 0 radical (unpaired) electrons. The number of aromatic hydroxyl groups is 1. The van der Waals surface area contributed by atoms with Crippen LogP contribution < -0.4 is 0 Å². The molecule has 0 aliphatic heterocycles. The highest BCUT2D eigenvalue weighted by atomic mass is 19.4. The Kier molecular flexibility index (Phi) is 3.53. The molecule has 1 aromatic rings. The minimum atomic E-state index is -4.65. The van der Waals surface area contributed by atoms with Gasteiger partial charge in [-0.15, -0.1) is 9.88 Å². The first-order valence-electron chi connectivity index (χ1n) is 3.94. The lowest BCUT2D eigenvalue weighted by Crippen LogP contribution is -2.18. The van der Waals surface area contributed by atoms with Crippen LogP contribution in [0.1, 0.15) is 11.1 Å². The number of alkyl halides is 4. The molecule has 0 aromatic heterocycles. The van der Waals surface area contributed by atoms with E-state index in [9.17, 15) is 26.6 Å². The van der Waals surface area contributed by atoms with E-state index in [1.807, 2.05) is 0 Å². The maximum absolute atomic E-state index is 12.7. The molecule has 0 amide bonds. The quantitative estimate of drug-likeness (QED) is 0.846. The third-order valence-corrected chi connectivity index (χ3v) is 1.86. The molecule has 1 aromatic carbocycles. The van der Waals surface area contributed by atoms with E-state index in [4.69, 9.17) is 5.11 Å². The van der Waals surface area contributed by atoms with Crippen molar-refractivity contribution in [3.63, 3.8) is 0 Å². The lowest BCUT2D eigenvalue weighted by Gasteiger charge is -2.17. The smallest absolute Gasteiger partial charge is 0.416 e. The monoisotopic (exact) mass is 262 g/mol. The average Bonchev–Trinajstić information content (AvgIpc) is 2.28. The zero-order valence-electron chi connectivity index (χ0n) is 7.76. The summed E-state index contributed by atoms with van der Waals surface area (Å²) in [7, 11) is 0. The van der Waals surface area contributed by atoms with Crippen LogP contribution in [-0.4, -0.2) is 5.11 Å². The van der Waals surface area contributed by atoms with Crippen molar-refractivity contribution in [2.24, 2.45) is 0 Å². The molecule has 0 aliphatic carbocycles. The van der Waals surface area contributed by atoms with Gasteiger partial charge in [0.15, 0.2) is 0 Å². The van der Waals surface area contributed by atoms with Crippen LogP contribution in [0.4, 0.5) is 26.6 Å². The molecule has 0 saturated heterocycles. The third-order valence-electron chi connectivity index (χ3n) is 1.86. The van der Waals surface area contributed by atoms with Crippen molar-refractivity contribution in [2.45, 2.75) is 12.2 Å². The van der Waals surface area contributed by atoms with Gasteiger partial charge >= 0.3 is 12.2 Å². The van der Waals surface area contributed by atoms with Crippen LogP contribution in [0.3, 0.4) is 0 Å². The number of phenols is 1. The van der Waals surface area contributed by atoms with E-state index in [0.717, 1.165) is 0 Å². The fraction of sp³-hybridized carbons (Fsp3) is 0.250. The van der Waals surface area contributed by atoms with E-state index in [2.05, 4.69) is 9.88 Å². The Bertz CT molecular complexity index is 374. The lowest BCUT2D eigenvalue weighted by molar-refractivity contribution is -0.368. The second-order valence-corrected chi connectivity index (χ2v) is 2.89. The number of benzene rings is 1. The number of hydrogen-bond acceptors (Lipinski definition) is 3. The third kappa shape index (κ3) is 2.44. The molecule has 0 spiro atoms. The number of para-hydroxylation sites is 1. The summed E-state index contributed by atoms with van der Waals surface area (Å²) < 4.78 is 73.7. The minimum absolute atomic E-state index is 0.423. The summed E-state index contributed by atoms with van der Waals surface area (Å²) in [5, 5.41) is 9.07. The maximum atomic E-state index is 12.7. The van der Waals surface area contributed by atoms with E-state index in [0.29, 0.717) is 18.2 Å². The van der Waals surface area contributed by atoms with Crippen molar-refractivity contribution in [2.75, 3.05) is 0 Å². The van der Waals surface area contributed by atoms with Gasteiger partial charge in [0.25, 0.3) is 0 Å². The second-order valence-electron chi connectivity index (χ2n) is 2.89. The summed E-state index contributed by atoms with van der Waals surface area (Å²) in [5.74, 6) is -1.74. The predicted octanol–water partition coefficient (Wildman–Crippen LogP) is 3.29. The van der Waals surface area contributed by atoms with Gasteiger partial charge in [-0.2, -0.15) is 17.6 Å². The molecule has 3 nitrogen and oxygen atoms in total. The fourth-order valence-corrected chi connectivity index (χ4v) is 1.10. The van der Waals surface area contributed by atoms with Crippen LogP contribution in [0.5, 0.6) is 5.75 Å². The van der Waals surface area contributed by atoms with Crippen molar-refractivity contribution in [1.29, 1.82) is 0 Å². The van der Waals surface area contributed by atoms with E-state index >= 15 is 0 Å². The second kappa shape index (κ2) is 4.41. The molecule has 1 N–H and O–H groups in total. The molecule has 96 valence electrons. The minimum Gasteiger partial charge on any atom is -0.507 e. The molecule has 0 saturated carbocycles. The van der Waals surface area contributed by atoms with Gasteiger partial charge in [0.05, 0.1) is 11.1 Å². The molecule has 0 unspecified atom stereocenters. The van der Waals surface area contributed by atoms with Crippen LogP contribution >= 0.6 is 0 Å². The Morgan fingerprint density at radius 3 is 1.53 bits per heavy atom. The van der Waals surface area contributed by atoms with Crippen molar-refractivity contribution in [1.82, 2.24) is 0 Å². The van der Waals surface area contributed by atoms with E-state index in [1.165, 1.54) is 0 Å². The van der Waals surface area contributed by atoms with Gasteiger partial charge in [0, 0.05) is 0 Å². The molecular formula is C8H4F6O3. The van der Waals surface area contributed by atoms with Crippen LogP contribution in [0.2, 0.25) is 0 Å². The first kappa shape index (κ1) is 13.6. The Morgan fingerprint density at radius 1 is 0.882 bits per heavy atom. The average molecular weight is 262 g/mol. The molecule has 0 fully saturated rings. The molecule has 1 rings (SSSR count). The van der Waals surface area contributed by atoms with Crippen molar-refractivity contribution in [3.05, 3.63) is 29.3 Å². The number of halogens is 6. The Morgan fingerprint density at radius 2 is 1.24 bits per heavy atom. The molecule has 9 heteroatoms. The van der Waals surface area contributed by atoms with Gasteiger partial charge in [-0.3, -0.25) is 0 Å². The first-order chi connectivity index (χ1) is 7.76. The molecule has 0 bridgehead atoms. The Labute approximate surface area is 90.0 Å². The summed E-state index contributed by atoms with van der Waals surface area (Å²) in [4.78, 5) is 4.47. The van der Waals surface area contributed by atoms with Gasteiger partial charge in [-0.1, -0.05) is 6.07 Å². The van der Waals surface area contributed by atoms with Crippen LogP contribution in [0.25, 0.3) is 0 Å². The molecule has 0 heterocycles. The zero-order valence-corrected chi connectivity index (χ0v) is 7.76. The molecule has 0 atom stereocenters. The largest absolute Gasteiger partial charge is 0.507 e. The van der Waals surface area contributed by atoms with Gasteiger partial charge < -0.3 is 5.11 Å². The molecular weight excluding hydrogens is 258 g/mol. The van der Waals surface area contributed by atoms with Crippen LogP contribution in [0, 0.1) is 0 Å². The number of hydrogen-bond donors (Lipinski definition) is 1. The van der Waals surface area contributed by atoms with E-state index < -0.39 is 29.1 Å². The summed E-state index contributed by atoms with van der Waals surface area (Å²) in [6, 6.07) is 1.46. The fourth-order valence-electron chi connectivity index (χ4n) is 1.10. The summed E-state index contributed by atoms with van der Waals surface area (Å²) in [6.45, 7) is 0. The van der Waals surface area contributed by atoms with Crippen LogP contribution in [-0.2, 0) is 22.1 Å². The van der Waals surface area contributed by atoms with Crippen molar-refractivity contribution >= 4 is 0 Å². The molecule has 17 heavy (non-hydrogen) atoms. The summed E-state index contributed by atoms with van der Waals surface area (Å²) in [6.07, 6.45) is -9.29. The highest BCUT2D eigenvalue weighted by molar-refractivity contribution is 5.43. The van der Waals surface area contributed by atoms with Gasteiger partial charge in [0.2, 0.25) is 0 Å². The summed E-state index contributed by atoms with van der Waals surface area (Å²) in [5.41, 5.74) is -3.18. The molecule has 0 aliphatic rings. The predicted molar refractivity (Wildman–Crippen MR) is 40.3 cm³/mol. The zero-order chi connectivity index (χ0) is 13.3. The summed E-state index contributed by atoms with van der Waals surface area (Å²) >= 11 is 0. The highest BCUT2D eigenvalue weighted by Gasteiger charge is 2.44. The lowest BCUT2D eigenvalue weighted by atomic mass is 10.1. The normalized spacial score (nSPS) is 12.8. The highest BCUT2D eigenvalue weighted by Crippen LogP contribution is 2.43. The van der Waals surface area contributed by atoms with Crippen LogP contribution in [0.15, 0.2) is 18.2 Å². The van der Waals surface area contributed by atoms with Gasteiger partial charge in [-0.25, -0.2) is 0 Å². The van der Waals surface area contributed by atoms with Gasteiger partial charge in [0.1, 0.15) is 5.75 Å².